The Hall–Kier alpha value is -2.25. The minimum atomic E-state index is -1.08. The van der Waals surface area contributed by atoms with Crippen LogP contribution in [0.3, 0.4) is 0 Å². The van der Waals surface area contributed by atoms with Crippen LogP contribution in [-0.4, -0.2) is 39.3 Å². The number of carbonyl (C=O) groups excluding carboxylic acids is 1. The Bertz CT molecular complexity index is 759. The number of carbonyl (C=O) groups is 1. The highest BCUT2D eigenvalue weighted by atomic mass is 16.5. The van der Waals surface area contributed by atoms with E-state index in [4.69, 9.17) is 10.5 Å². The first kappa shape index (κ1) is 17.6. The number of pyridine rings is 2. The molecule has 0 unspecified atom stereocenters. The molecule has 25 heavy (non-hydrogen) atoms. The van der Waals surface area contributed by atoms with Gasteiger partial charge in [-0.2, -0.15) is 0 Å². The summed E-state index contributed by atoms with van der Waals surface area (Å²) in [4.78, 5) is 19.9. The van der Waals surface area contributed by atoms with Crippen molar-refractivity contribution in [1.82, 2.24) is 9.97 Å². The third-order valence-corrected chi connectivity index (χ3v) is 5.10. The van der Waals surface area contributed by atoms with Crippen LogP contribution in [0.4, 0.5) is 0 Å². The van der Waals surface area contributed by atoms with Crippen molar-refractivity contribution < 1.29 is 19.7 Å². The van der Waals surface area contributed by atoms with Crippen LogP contribution in [-0.2, 0) is 4.79 Å². The molecular weight excluding hydrogens is 322 g/mol. The predicted molar refractivity (Wildman–Crippen MR) is 91.7 cm³/mol. The number of nitrogens with zero attached hydrogens (tertiary/aromatic N) is 2. The number of hydrogen-bond donors (Lipinski definition) is 3. The van der Waals surface area contributed by atoms with Gasteiger partial charge in [0, 0.05) is 23.7 Å². The third-order valence-electron chi connectivity index (χ3n) is 5.10. The molecule has 134 valence electrons. The fraction of sp³-hybridized carbons (Fsp3) is 0.500. The van der Waals surface area contributed by atoms with Crippen molar-refractivity contribution >= 4 is 16.9 Å². The van der Waals surface area contributed by atoms with Gasteiger partial charge in [-0.25, -0.2) is 4.98 Å². The van der Waals surface area contributed by atoms with Gasteiger partial charge in [-0.05, 0) is 43.7 Å². The number of ether oxygens (including phenoxy) is 1. The summed E-state index contributed by atoms with van der Waals surface area (Å²) in [5.74, 6) is -0.0805. The van der Waals surface area contributed by atoms with Crippen LogP contribution < -0.4 is 10.5 Å². The molecule has 1 amide bonds. The summed E-state index contributed by atoms with van der Waals surface area (Å²) in [7, 11) is 1.52. The van der Waals surface area contributed by atoms with E-state index < -0.39 is 12.2 Å². The van der Waals surface area contributed by atoms with E-state index in [-0.39, 0.29) is 17.7 Å². The van der Waals surface area contributed by atoms with E-state index in [0.29, 0.717) is 48.2 Å². The molecule has 2 aromatic rings. The number of amides is 1. The van der Waals surface area contributed by atoms with Gasteiger partial charge in [0.2, 0.25) is 11.8 Å². The van der Waals surface area contributed by atoms with Gasteiger partial charge in [-0.1, -0.05) is 0 Å². The summed E-state index contributed by atoms with van der Waals surface area (Å²) in [6.07, 6.45) is 2.18. The third kappa shape index (κ3) is 3.57. The summed E-state index contributed by atoms with van der Waals surface area (Å²) in [6, 6.07) is 5.13. The van der Waals surface area contributed by atoms with Crippen molar-refractivity contribution in [1.29, 1.82) is 0 Å². The van der Waals surface area contributed by atoms with E-state index in [1.807, 2.05) is 0 Å². The molecule has 0 spiro atoms. The molecule has 0 aromatic carbocycles. The van der Waals surface area contributed by atoms with Gasteiger partial charge in [0.05, 0.1) is 24.2 Å². The molecule has 7 nitrogen and oxygen atoms in total. The lowest BCUT2D eigenvalue weighted by molar-refractivity contribution is -0.123. The van der Waals surface area contributed by atoms with Gasteiger partial charge in [0.1, 0.15) is 6.10 Å². The van der Waals surface area contributed by atoms with Crippen molar-refractivity contribution in [3.05, 3.63) is 30.0 Å². The van der Waals surface area contributed by atoms with Crippen molar-refractivity contribution in [2.24, 2.45) is 17.6 Å². The molecular formula is C18H23N3O4. The number of rotatable bonds is 5. The normalized spacial score (nSPS) is 23.2. The molecule has 0 aliphatic heterocycles. The largest absolute Gasteiger partial charge is 0.481 e. The van der Waals surface area contributed by atoms with E-state index in [1.54, 1.807) is 24.4 Å². The summed E-state index contributed by atoms with van der Waals surface area (Å²) in [6.45, 7) is 0. The van der Waals surface area contributed by atoms with Crippen LogP contribution in [0.5, 0.6) is 5.88 Å². The van der Waals surface area contributed by atoms with Gasteiger partial charge in [0.15, 0.2) is 0 Å². The number of aromatic nitrogens is 2. The number of methoxy groups -OCH3 is 1. The quantitative estimate of drug-likeness (QED) is 0.752. The van der Waals surface area contributed by atoms with E-state index in [0.717, 1.165) is 0 Å². The molecule has 1 fully saturated rings. The van der Waals surface area contributed by atoms with E-state index in [9.17, 15) is 15.0 Å². The first-order chi connectivity index (χ1) is 12.0. The zero-order valence-electron chi connectivity index (χ0n) is 14.1. The van der Waals surface area contributed by atoms with Gasteiger partial charge >= 0.3 is 0 Å². The molecule has 0 radical (unpaired) electrons. The standard InChI is InChI=1S/C18H23N3O4/c1-25-14-7-6-13-15(21-14)12(8-9-20-13)17(23)16(22)10-2-4-11(5-3-10)18(19)24/h6-11,16-17,22-23H,2-5H2,1H3,(H2,19,24)/t10-,11-,16-,17-/m1/s1. The minimum Gasteiger partial charge on any atom is -0.481 e. The Morgan fingerprint density at radius 1 is 1.24 bits per heavy atom. The molecule has 3 rings (SSSR count). The highest BCUT2D eigenvalue weighted by Gasteiger charge is 2.33. The van der Waals surface area contributed by atoms with Crippen LogP contribution in [0.1, 0.15) is 37.4 Å². The topological polar surface area (TPSA) is 119 Å². The van der Waals surface area contributed by atoms with Gasteiger partial charge < -0.3 is 20.7 Å². The van der Waals surface area contributed by atoms with E-state index in [2.05, 4.69) is 9.97 Å². The molecule has 1 saturated carbocycles. The lowest BCUT2D eigenvalue weighted by Gasteiger charge is -2.32. The van der Waals surface area contributed by atoms with Gasteiger partial charge in [0.25, 0.3) is 0 Å². The van der Waals surface area contributed by atoms with E-state index in [1.165, 1.54) is 7.11 Å². The van der Waals surface area contributed by atoms with Crippen molar-refractivity contribution in [2.75, 3.05) is 7.11 Å². The molecule has 7 heteroatoms. The van der Waals surface area contributed by atoms with Crippen molar-refractivity contribution in [2.45, 2.75) is 37.9 Å². The molecule has 1 aliphatic carbocycles. The molecule has 2 heterocycles. The minimum absolute atomic E-state index is 0.0839. The average Bonchev–Trinajstić information content (AvgIpc) is 2.66. The van der Waals surface area contributed by atoms with Crippen LogP contribution in [0.25, 0.3) is 11.0 Å². The summed E-state index contributed by atoms with van der Waals surface area (Å²) < 4.78 is 5.14. The second-order valence-electron chi connectivity index (χ2n) is 6.57. The number of hydrogen-bond acceptors (Lipinski definition) is 6. The Balaban J connectivity index is 1.82. The smallest absolute Gasteiger partial charge is 0.220 e. The lowest BCUT2D eigenvalue weighted by Crippen LogP contribution is -2.34. The molecule has 1 aliphatic rings. The molecule has 4 N–H and O–H groups in total. The fourth-order valence-corrected chi connectivity index (χ4v) is 3.57. The Morgan fingerprint density at radius 3 is 2.60 bits per heavy atom. The maximum absolute atomic E-state index is 11.3. The van der Waals surface area contributed by atoms with Crippen LogP contribution >= 0.6 is 0 Å². The first-order valence-electron chi connectivity index (χ1n) is 8.46. The SMILES string of the molecule is COc1ccc2nccc([C@@H](O)[C@H](O)[C@H]3CC[C@H](C(N)=O)CC3)c2n1. The average molecular weight is 345 g/mol. The maximum atomic E-state index is 11.3. The Morgan fingerprint density at radius 2 is 1.96 bits per heavy atom. The second kappa shape index (κ2) is 7.33. The van der Waals surface area contributed by atoms with E-state index >= 15 is 0 Å². The summed E-state index contributed by atoms with van der Waals surface area (Å²) in [5.41, 5.74) is 7.01. The van der Waals surface area contributed by atoms with Crippen molar-refractivity contribution in [3.63, 3.8) is 0 Å². The lowest BCUT2D eigenvalue weighted by atomic mass is 9.77. The summed E-state index contributed by atoms with van der Waals surface area (Å²) >= 11 is 0. The number of nitrogens with two attached hydrogens (primary N) is 1. The van der Waals surface area contributed by atoms with Crippen LogP contribution in [0.2, 0.25) is 0 Å². The number of aliphatic hydroxyl groups is 2. The van der Waals surface area contributed by atoms with Gasteiger partial charge in [-0.3, -0.25) is 9.78 Å². The zero-order valence-corrected chi connectivity index (χ0v) is 14.1. The summed E-state index contributed by atoms with van der Waals surface area (Å²) in [5, 5.41) is 21.4. The van der Waals surface area contributed by atoms with Gasteiger partial charge in [-0.15, -0.1) is 0 Å². The molecule has 0 bridgehead atoms. The van der Waals surface area contributed by atoms with Crippen LogP contribution in [0, 0.1) is 11.8 Å². The second-order valence-corrected chi connectivity index (χ2v) is 6.57. The Labute approximate surface area is 145 Å². The highest BCUT2D eigenvalue weighted by molar-refractivity contribution is 5.78. The monoisotopic (exact) mass is 345 g/mol. The highest BCUT2D eigenvalue weighted by Crippen LogP contribution is 2.36. The van der Waals surface area contributed by atoms with Crippen molar-refractivity contribution in [3.8, 4) is 5.88 Å². The maximum Gasteiger partial charge on any atom is 0.220 e. The molecule has 2 aromatic heterocycles. The number of primary amides is 1. The number of fused-ring (bicyclic) bond motifs is 1. The fourth-order valence-electron chi connectivity index (χ4n) is 3.57. The zero-order chi connectivity index (χ0) is 18.0. The molecule has 2 atom stereocenters. The predicted octanol–water partition coefficient (Wildman–Crippen LogP) is 1.32. The first-order valence-corrected chi connectivity index (χ1v) is 8.46. The van der Waals surface area contributed by atoms with Crippen LogP contribution in [0.15, 0.2) is 24.4 Å². The Kier molecular flexibility index (Phi) is 5.15. The molecule has 0 saturated heterocycles. The number of aliphatic hydroxyl groups excluding tert-OH is 2.